The van der Waals surface area contributed by atoms with E-state index in [1.807, 2.05) is 42.5 Å². The number of aldehydes is 1. The molecule has 0 heterocycles. The molecule has 0 aromatic heterocycles. The topological polar surface area (TPSA) is 132 Å². The van der Waals surface area contributed by atoms with E-state index in [0.29, 0.717) is 31.0 Å². The van der Waals surface area contributed by atoms with E-state index in [4.69, 9.17) is 22.3 Å². The van der Waals surface area contributed by atoms with Crippen LogP contribution in [0.4, 0.5) is 0 Å². The molecule has 1 atom stereocenters. The summed E-state index contributed by atoms with van der Waals surface area (Å²) in [7, 11) is 0. The van der Waals surface area contributed by atoms with Crippen LogP contribution in [0.15, 0.2) is 54.6 Å². The molecule has 1 saturated carbocycles. The minimum atomic E-state index is -0.955. The molecule has 0 saturated heterocycles. The number of carbonyl (C=O) groups excluding carboxylic acids is 1. The Hall–Kier alpha value is -2.54. The second-order valence-electron chi connectivity index (χ2n) is 7.38. The highest BCUT2D eigenvalue weighted by Gasteiger charge is 2.09. The zero-order valence-corrected chi connectivity index (χ0v) is 17.6. The molecular formula is C24H36N3O3+. The maximum Gasteiger partial charge on any atom is 1.00 e. The third kappa shape index (κ3) is 10.9. The van der Waals surface area contributed by atoms with Gasteiger partial charge in [0, 0.05) is 11.6 Å². The number of benzene rings is 2. The van der Waals surface area contributed by atoms with E-state index in [2.05, 4.69) is 12.1 Å². The van der Waals surface area contributed by atoms with E-state index in [9.17, 15) is 9.59 Å². The van der Waals surface area contributed by atoms with Gasteiger partial charge in [0.1, 0.15) is 12.3 Å². The fourth-order valence-electron chi connectivity index (χ4n) is 2.98. The van der Waals surface area contributed by atoms with Gasteiger partial charge < -0.3 is 22.3 Å². The van der Waals surface area contributed by atoms with E-state index in [1.54, 1.807) is 0 Å². The van der Waals surface area contributed by atoms with Crippen LogP contribution in [0, 0.1) is 0 Å². The maximum absolute atomic E-state index is 10.5. The van der Waals surface area contributed by atoms with Gasteiger partial charge in [-0.25, -0.2) is 0 Å². The van der Waals surface area contributed by atoms with Gasteiger partial charge in [-0.1, -0.05) is 73.9 Å². The number of hydrogen-bond acceptors (Lipinski definition) is 5. The summed E-state index contributed by atoms with van der Waals surface area (Å²) in [4.78, 5) is 20.5. The predicted molar refractivity (Wildman–Crippen MR) is 123 cm³/mol. The maximum atomic E-state index is 10.5. The highest BCUT2D eigenvalue weighted by atomic mass is 16.4. The van der Waals surface area contributed by atoms with Gasteiger partial charge in [0.2, 0.25) is 0 Å². The lowest BCUT2D eigenvalue weighted by Gasteiger charge is -2.15. The van der Waals surface area contributed by atoms with Gasteiger partial charge in [0.25, 0.3) is 0 Å². The Kier molecular flexibility index (Phi) is 13.0. The molecule has 1 aliphatic rings. The summed E-state index contributed by atoms with van der Waals surface area (Å²) in [6, 6.07) is 17.5. The van der Waals surface area contributed by atoms with E-state index in [1.165, 1.54) is 37.7 Å². The van der Waals surface area contributed by atoms with E-state index >= 15 is 0 Å². The number of carboxylic acids is 1. The number of rotatable bonds is 6. The van der Waals surface area contributed by atoms with Crippen LogP contribution in [-0.2, 0) is 4.79 Å². The van der Waals surface area contributed by atoms with Crippen molar-refractivity contribution in [1.29, 1.82) is 0 Å². The highest BCUT2D eigenvalue weighted by molar-refractivity contribution is 5.76. The molecule has 7 N–H and O–H groups in total. The second kappa shape index (κ2) is 15.3. The van der Waals surface area contributed by atoms with Crippen LogP contribution in [0.3, 0.4) is 0 Å². The lowest BCUT2D eigenvalue weighted by Crippen LogP contribution is -2.30. The predicted octanol–water partition coefficient (Wildman–Crippen LogP) is 3.69. The van der Waals surface area contributed by atoms with Gasteiger partial charge in [0.15, 0.2) is 0 Å². The zero-order valence-electron chi connectivity index (χ0n) is 18.6. The molecule has 6 heteroatoms. The molecule has 2 aromatic carbocycles. The van der Waals surface area contributed by atoms with E-state index in [0.717, 1.165) is 11.8 Å². The van der Waals surface area contributed by atoms with Crippen LogP contribution in [0.5, 0.6) is 0 Å². The van der Waals surface area contributed by atoms with Crippen LogP contribution in [-0.4, -0.2) is 36.0 Å². The molecule has 164 valence electrons. The van der Waals surface area contributed by atoms with Crippen LogP contribution >= 0.6 is 0 Å². The highest BCUT2D eigenvalue weighted by Crippen LogP contribution is 2.18. The largest absolute Gasteiger partial charge is 1.00 e. The quantitative estimate of drug-likeness (QED) is 0.533. The molecule has 0 bridgehead atoms. The van der Waals surface area contributed by atoms with Crippen LogP contribution < -0.4 is 17.2 Å². The molecule has 0 aliphatic heterocycles. The molecule has 1 aliphatic carbocycles. The Morgan fingerprint density at radius 1 is 1.03 bits per heavy atom. The molecular weight excluding hydrogens is 378 g/mol. The Balaban J connectivity index is 0.000000461. The van der Waals surface area contributed by atoms with Crippen molar-refractivity contribution in [1.82, 2.24) is 0 Å². The Morgan fingerprint density at radius 3 is 2.03 bits per heavy atom. The van der Waals surface area contributed by atoms with Crippen molar-refractivity contribution in [2.45, 2.75) is 57.0 Å². The normalized spacial score (nSPS) is 14.4. The van der Waals surface area contributed by atoms with Crippen LogP contribution in [0.1, 0.15) is 56.7 Å². The van der Waals surface area contributed by atoms with Crippen molar-refractivity contribution in [2.24, 2.45) is 17.2 Å². The molecule has 6 nitrogen and oxygen atoms in total. The minimum absolute atomic E-state index is 0. The van der Waals surface area contributed by atoms with E-state index < -0.39 is 12.0 Å². The van der Waals surface area contributed by atoms with Gasteiger partial charge in [-0.2, -0.15) is 0 Å². The second-order valence-corrected chi connectivity index (χ2v) is 7.38. The lowest BCUT2D eigenvalue weighted by atomic mass is 9.97. The van der Waals surface area contributed by atoms with E-state index in [-0.39, 0.29) is 1.43 Å². The molecule has 2 aromatic rings. The number of nitrogens with two attached hydrogens (primary N) is 3. The zero-order chi connectivity index (χ0) is 22.2. The van der Waals surface area contributed by atoms with Crippen molar-refractivity contribution in [3.8, 4) is 11.1 Å². The summed E-state index contributed by atoms with van der Waals surface area (Å²) in [6.07, 6.45) is 8.66. The SMILES string of the molecule is NC1CCCCC1.NCCC[C@H](N)C(=O)O.O=Cc1ccc(-c2ccccc2)cc1.[H+]. The lowest BCUT2D eigenvalue weighted by molar-refractivity contribution is -0.138. The van der Waals surface area contributed by atoms with Gasteiger partial charge in [-0.3, -0.25) is 9.59 Å². The average molecular weight is 415 g/mol. The molecule has 0 radical (unpaired) electrons. The molecule has 0 amide bonds. The smallest absolute Gasteiger partial charge is 0.480 e. The summed E-state index contributed by atoms with van der Waals surface area (Å²) >= 11 is 0. The number of aliphatic carboxylic acids is 1. The van der Waals surface area contributed by atoms with Crippen LogP contribution in [0.2, 0.25) is 0 Å². The molecule has 0 unspecified atom stereocenters. The van der Waals surface area contributed by atoms with Gasteiger partial charge in [0.05, 0.1) is 0 Å². The third-order valence-corrected chi connectivity index (χ3v) is 4.84. The van der Waals surface area contributed by atoms with Crippen LogP contribution in [0.25, 0.3) is 11.1 Å². The van der Waals surface area contributed by atoms with Gasteiger partial charge in [-0.05, 0) is 43.4 Å². The summed E-state index contributed by atoms with van der Waals surface area (Å²) in [5.41, 5.74) is 18.9. The van der Waals surface area contributed by atoms with Crippen molar-refractivity contribution < 1.29 is 16.1 Å². The first-order valence-corrected chi connectivity index (χ1v) is 10.5. The Bertz CT molecular complexity index is 721. The first-order valence-electron chi connectivity index (χ1n) is 10.5. The van der Waals surface area contributed by atoms with Crippen molar-refractivity contribution in [2.75, 3.05) is 6.54 Å². The first-order chi connectivity index (χ1) is 14.5. The fraction of sp³-hybridized carbons (Fsp3) is 0.417. The Labute approximate surface area is 180 Å². The summed E-state index contributed by atoms with van der Waals surface area (Å²) in [6.45, 7) is 0.501. The molecule has 30 heavy (non-hydrogen) atoms. The van der Waals surface area contributed by atoms with Crippen molar-refractivity contribution in [3.63, 3.8) is 0 Å². The summed E-state index contributed by atoms with van der Waals surface area (Å²) < 4.78 is 0. The molecule has 0 spiro atoms. The summed E-state index contributed by atoms with van der Waals surface area (Å²) in [5.74, 6) is -0.955. The number of carbonyl (C=O) groups is 2. The van der Waals surface area contributed by atoms with Crippen molar-refractivity contribution >= 4 is 12.3 Å². The van der Waals surface area contributed by atoms with Gasteiger partial charge in [-0.15, -0.1) is 0 Å². The Morgan fingerprint density at radius 2 is 1.60 bits per heavy atom. The third-order valence-electron chi connectivity index (χ3n) is 4.84. The fourth-order valence-corrected chi connectivity index (χ4v) is 2.98. The van der Waals surface area contributed by atoms with Gasteiger partial charge >= 0.3 is 7.40 Å². The molecule has 1 fully saturated rings. The standard InChI is InChI=1S/C13H10O.C6H13N.C5H12N2O2/c14-10-11-6-8-13(9-7-11)12-4-2-1-3-5-12;7-6-4-2-1-3-5-6;6-3-1-2-4(7)5(8)9/h1-10H;6H,1-5,7H2;4H,1-3,6-7H2,(H,8,9)/p+1/t;;4-/m..0/s1. The molecule has 3 rings (SSSR count). The summed E-state index contributed by atoms with van der Waals surface area (Å²) in [5, 5.41) is 8.24. The number of carboxylic acid groups (broad SMARTS) is 1. The first kappa shape index (κ1) is 25.5. The number of hydrogen-bond donors (Lipinski definition) is 4. The minimum Gasteiger partial charge on any atom is -0.480 e. The monoisotopic (exact) mass is 414 g/mol. The average Bonchev–Trinajstić information content (AvgIpc) is 2.79. The van der Waals surface area contributed by atoms with Crippen molar-refractivity contribution in [3.05, 3.63) is 60.2 Å².